The van der Waals surface area contributed by atoms with Gasteiger partial charge in [-0.25, -0.2) is 3.96 Å². The Balaban J connectivity index is 2.12. The van der Waals surface area contributed by atoms with E-state index in [1.165, 1.54) is 21.6 Å². The van der Waals surface area contributed by atoms with Crippen molar-refractivity contribution in [3.05, 3.63) is 93.6 Å². The topological polar surface area (TPSA) is 39.1 Å². The molecule has 0 saturated heterocycles. The molecule has 0 amide bonds. The van der Waals surface area contributed by atoms with Crippen LogP contribution in [0.1, 0.15) is 22.0 Å². The highest BCUT2D eigenvalue weighted by Gasteiger charge is 2.25. The maximum Gasteiger partial charge on any atom is 0.261 e. The average Bonchev–Trinajstić information content (AvgIpc) is 2.95. The van der Waals surface area contributed by atoms with E-state index in [4.69, 9.17) is 0 Å². The summed E-state index contributed by atoms with van der Waals surface area (Å²) in [7, 11) is 0. The summed E-state index contributed by atoms with van der Waals surface area (Å²) in [4.78, 5) is 24.8. The first-order chi connectivity index (χ1) is 10.3. The van der Waals surface area contributed by atoms with Crippen LogP contribution in [0, 0.1) is 0 Å². The van der Waals surface area contributed by atoms with E-state index in [0.29, 0.717) is 5.56 Å². The molecule has 0 aliphatic rings. The van der Waals surface area contributed by atoms with E-state index < -0.39 is 6.04 Å². The van der Waals surface area contributed by atoms with Crippen LogP contribution in [0.5, 0.6) is 0 Å². The summed E-state index contributed by atoms with van der Waals surface area (Å²) < 4.78 is 1.52. The molecule has 0 aliphatic heterocycles. The molecule has 3 aromatic rings. The van der Waals surface area contributed by atoms with Crippen molar-refractivity contribution in [1.82, 2.24) is 3.96 Å². The van der Waals surface area contributed by atoms with Gasteiger partial charge in [0, 0.05) is 17.0 Å². The maximum absolute atomic E-state index is 12.8. The van der Waals surface area contributed by atoms with Gasteiger partial charge in [0.1, 0.15) is 6.04 Å². The third-order valence-electron chi connectivity index (χ3n) is 3.26. The molecule has 0 bridgehead atoms. The lowest BCUT2D eigenvalue weighted by atomic mass is 9.98. The van der Waals surface area contributed by atoms with Crippen LogP contribution in [0.3, 0.4) is 0 Å². The molecule has 2 aromatic carbocycles. The van der Waals surface area contributed by atoms with Crippen LogP contribution in [0.25, 0.3) is 0 Å². The number of nitrogens with zero attached hydrogens (tertiary/aromatic N) is 1. The Morgan fingerprint density at radius 3 is 2.10 bits per heavy atom. The lowest BCUT2D eigenvalue weighted by molar-refractivity contribution is 0.0949. The number of hydrogen-bond donors (Lipinski definition) is 0. The molecule has 0 aliphatic carbocycles. The molecule has 4 heteroatoms. The zero-order valence-electron chi connectivity index (χ0n) is 11.2. The van der Waals surface area contributed by atoms with Gasteiger partial charge in [0.2, 0.25) is 0 Å². The van der Waals surface area contributed by atoms with E-state index >= 15 is 0 Å². The molecule has 3 rings (SSSR count). The Labute approximate surface area is 126 Å². The van der Waals surface area contributed by atoms with E-state index in [9.17, 15) is 9.59 Å². The molecule has 0 radical (unpaired) electrons. The van der Waals surface area contributed by atoms with Gasteiger partial charge < -0.3 is 0 Å². The van der Waals surface area contributed by atoms with Crippen molar-refractivity contribution in [3.63, 3.8) is 0 Å². The number of hydrogen-bond acceptors (Lipinski definition) is 3. The van der Waals surface area contributed by atoms with Crippen molar-refractivity contribution in [2.75, 3.05) is 0 Å². The molecule has 3 nitrogen and oxygen atoms in total. The molecule has 0 spiro atoms. The fourth-order valence-corrected chi connectivity index (χ4v) is 3.07. The fraction of sp³-hybridized carbons (Fsp3) is 0.0588. The lowest BCUT2D eigenvalue weighted by Crippen LogP contribution is -2.26. The quantitative estimate of drug-likeness (QED) is 0.692. The van der Waals surface area contributed by atoms with Crippen molar-refractivity contribution < 1.29 is 4.79 Å². The van der Waals surface area contributed by atoms with E-state index in [1.807, 2.05) is 48.5 Å². The Morgan fingerprint density at radius 1 is 0.905 bits per heavy atom. The van der Waals surface area contributed by atoms with Crippen molar-refractivity contribution in [2.24, 2.45) is 0 Å². The number of Topliss-reactive ketones (excluding diaryl/α,β-unsaturated/α-hetero) is 1. The smallest absolute Gasteiger partial charge is 0.261 e. The fourth-order valence-electron chi connectivity index (χ4n) is 2.26. The van der Waals surface area contributed by atoms with Gasteiger partial charge in [-0.3, -0.25) is 9.59 Å². The number of aromatic nitrogens is 1. The highest BCUT2D eigenvalue weighted by atomic mass is 32.1. The molecule has 0 N–H and O–H groups in total. The summed E-state index contributed by atoms with van der Waals surface area (Å²) in [5, 5.41) is 1.70. The zero-order chi connectivity index (χ0) is 14.7. The van der Waals surface area contributed by atoms with Gasteiger partial charge in [-0.15, -0.1) is 0 Å². The van der Waals surface area contributed by atoms with Gasteiger partial charge in [-0.2, -0.15) is 0 Å². The first-order valence-electron chi connectivity index (χ1n) is 6.58. The van der Waals surface area contributed by atoms with E-state index in [1.54, 1.807) is 17.5 Å². The Morgan fingerprint density at radius 2 is 1.52 bits per heavy atom. The SMILES string of the molecule is O=C(c1ccccc1)C(c1ccccc1)n1sccc1=O. The normalized spacial score (nSPS) is 12.0. The van der Waals surface area contributed by atoms with Crippen LogP contribution in [0.2, 0.25) is 0 Å². The van der Waals surface area contributed by atoms with Gasteiger partial charge in [-0.1, -0.05) is 72.2 Å². The third kappa shape index (κ3) is 2.71. The summed E-state index contributed by atoms with van der Waals surface area (Å²) in [5.41, 5.74) is 1.26. The second-order valence-electron chi connectivity index (χ2n) is 4.62. The molecular weight excluding hydrogens is 282 g/mol. The Hall–Kier alpha value is -2.46. The minimum atomic E-state index is -0.610. The first-order valence-corrected chi connectivity index (χ1v) is 7.42. The number of benzene rings is 2. The van der Waals surface area contributed by atoms with E-state index in [2.05, 4.69) is 0 Å². The molecule has 1 heterocycles. The highest BCUT2D eigenvalue weighted by molar-refractivity contribution is 7.04. The molecule has 1 atom stereocenters. The monoisotopic (exact) mass is 295 g/mol. The van der Waals surface area contributed by atoms with Gasteiger partial charge in [0.05, 0.1) is 0 Å². The Kier molecular flexibility index (Phi) is 3.79. The van der Waals surface area contributed by atoms with Crippen LogP contribution in [-0.4, -0.2) is 9.74 Å². The lowest BCUT2D eigenvalue weighted by Gasteiger charge is -2.16. The second-order valence-corrected chi connectivity index (χ2v) is 5.49. The summed E-state index contributed by atoms with van der Waals surface area (Å²) in [5.74, 6) is -0.0775. The molecule has 1 aromatic heterocycles. The average molecular weight is 295 g/mol. The van der Waals surface area contributed by atoms with Gasteiger partial charge in [0.25, 0.3) is 5.56 Å². The van der Waals surface area contributed by atoms with E-state index in [-0.39, 0.29) is 11.3 Å². The van der Waals surface area contributed by atoms with Crippen LogP contribution >= 0.6 is 11.5 Å². The minimum absolute atomic E-state index is 0.0775. The van der Waals surface area contributed by atoms with Crippen LogP contribution in [0.15, 0.2) is 76.9 Å². The summed E-state index contributed by atoms with van der Waals surface area (Å²) in [6.45, 7) is 0. The van der Waals surface area contributed by atoms with Crippen molar-refractivity contribution >= 4 is 17.3 Å². The predicted octanol–water partition coefficient (Wildman–Crippen LogP) is 3.38. The molecule has 104 valence electrons. The van der Waals surface area contributed by atoms with Crippen molar-refractivity contribution in [3.8, 4) is 0 Å². The number of rotatable bonds is 4. The molecule has 0 saturated carbocycles. The molecular formula is C17H13NO2S. The summed E-state index contributed by atoms with van der Waals surface area (Å²) >= 11 is 1.26. The van der Waals surface area contributed by atoms with Crippen LogP contribution in [-0.2, 0) is 0 Å². The predicted molar refractivity (Wildman–Crippen MR) is 83.9 cm³/mol. The minimum Gasteiger partial charge on any atom is -0.291 e. The number of carbonyl (C=O) groups is 1. The van der Waals surface area contributed by atoms with Gasteiger partial charge >= 0.3 is 0 Å². The van der Waals surface area contributed by atoms with Crippen molar-refractivity contribution in [1.29, 1.82) is 0 Å². The second kappa shape index (κ2) is 5.89. The summed E-state index contributed by atoms with van der Waals surface area (Å²) in [6, 6.07) is 19.3. The largest absolute Gasteiger partial charge is 0.291 e. The van der Waals surface area contributed by atoms with Crippen LogP contribution in [0.4, 0.5) is 0 Å². The van der Waals surface area contributed by atoms with Crippen molar-refractivity contribution in [2.45, 2.75) is 6.04 Å². The number of ketones is 1. The zero-order valence-corrected chi connectivity index (χ0v) is 12.0. The number of carbonyl (C=O) groups excluding carboxylic acids is 1. The highest BCUT2D eigenvalue weighted by Crippen LogP contribution is 2.23. The van der Waals surface area contributed by atoms with Gasteiger partial charge in [-0.05, 0) is 5.56 Å². The summed E-state index contributed by atoms with van der Waals surface area (Å²) in [6.07, 6.45) is 0. The van der Waals surface area contributed by atoms with E-state index in [0.717, 1.165) is 5.56 Å². The maximum atomic E-state index is 12.8. The first kappa shape index (κ1) is 13.5. The standard InChI is InChI=1S/C17H13NO2S/c19-15-11-12-21-18(15)16(13-7-3-1-4-8-13)17(20)14-9-5-2-6-10-14/h1-12,16H. The Bertz CT molecular complexity index is 790. The molecule has 21 heavy (non-hydrogen) atoms. The third-order valence-corrected chi connectivity index (χ3v) is 4.13. The van der Waals surface area contributed by atoms with Crippen LogP contribution < -0.4 is 5.56 Å². The molecule has 1 unspecified atom stereocenters. The molecule has 0 fully saturated rings. The van der Waals surface area contributed by atoms with Gasteiger partial charge in [0.15, 0.2) is 5.78 Å².